The molecule has 0 spiro atoms. The first-order chi connectivity index (χ1) is 6.64. The molecule has 0 aliphatic carbocycles. The van der Waals surface area contributed by atoms with Crippen LogP contribution in [0.1, 0.15) is 20.8 Å². The molecule has 0 radical (unpaired) electrons. The largest absolute Gasteiger partial charge is 0.859 e. The monoisotopic (exact) mass is 326 g/mol. The van der Waals surface area contributed by atoms with E-state index in [1.807, 2.05) is 0 Å². The van der Waals surface area contributed by atoms with Gasteiger partial charge < -0.3 is 9.59 Å². The molecule has 4 heteroatoms. The van der Waals surface area contributed by atoms with Crippen LogP contribution in [-0.4, -0.2) is 43.1 Å². The molecule has 0 aromatic carbocycles. The number of hydrogen-bond acceptors (Lipinski definition) is 2. The van der Waals surface area contributed by atoms with Gasteiger partial charge in [0.1, 0.15) is 0 Å². The molecule has 0 rings (SSSR count). The highest BCUT2D eigenvalue weighted by molar-refractivity contribution is 14.0. The lowest BCUT2D eigenvalue weighted by Crippen LogP contribution is -2.49. The Labute approximate surface area is 111 Å². The Morgan fingerprint density at radius 1 is 1.27 bits per heavy atom. The summed E-state index contributed by atoms with van der Waals surface area (Å²) in [6.45, 7) is 14.8. The van der Waals surface area contributed by atoms with Gasteiger partial charge in [0.25, 0.3) is 0 Å². The minimum Gasteiger partial charge on any atom is -0.859 e. The fourth-order valence-corrected chi connectivity index (χ4v) is 1.58. The maximum atomic E-state index is 10.9. The molecular formula is C11H23IN2O. The van der Waals surface area contributed by atoms with E-state index in [1.54, 1.807) is 0 Å². The number of hydrogen-bond donors (Lipinski definition) is 0. The first-order valence-electron chi connectivity index (χ1n) is 5.33. The summed E-state index contributed by atoms with van der Waals surface area (Å²) in [4.78, 5) is 3.90. The van der Waals surface area contributed by atoms with Crippen LogP contribution in [0.2, 0.25) is 0 Å². The third-order valence-corrected chi connectivity index (χ3v) is 3.03. The zero-order valence-electron chi connectivity index (χ0n) is 10.0. The molecule has 3 nitrogen and oxygen atoms in total. The zero-order chi connectivity index (χ0) is 11.0. The van der Waals surface area contributed by atoms with Crippen LogP contribution < -0.4 is 5.11 Å². The van der Waals surface area contributed by atoms with E-state index in [9.17, 15) is 5.11 Å². The molecule has 0 saturated carbocycles. The summed E-state index contributed by atoms with van der Waals surface area (Å²) < 4.78 is 1.04. The highest BCUT2D eigenvalue weighted by Gasteiger charge is 2.19. The van der Waals surface area contributed by atoms with Crippen LogP contribution >= 0.6 is 24.0 Å². The van der Waals surface area contributed by atoms with Gasteiger partial charge in [-0.2, -0.15) is 0 Å². The Hall–Kier alpha value is -0.100. The maximum Gasteiger partial charge on any atom is 0.0984 e. The van der Waals surface area contributed by atoms with E-state index in [0.717, 1.165) is 30.7 Å². The van der Waals surface area contributed by atoms with E-state index in [1.165, 1.54) is 6.08 Å². The van der Waals surface area contributed by atoms with E-state index < -0.39 is 0 Å². The van der Waals surface area contributed by atoms with Crippen LogP contribution in [0.3, 0.4) is 0 Å². The normalized spacial score (nSPS) is 12.1. The van der Waals surface area contributed by atoms with Crippen LogP contribution in [0.4, 0.5) is 0 Å². The van der Waals surface area contributed by atoms with Gasteiger partial charge in [-0.25, -0.2) is 0 Å². The van der Waals surface area contributed by atoms with Gasteiger partial charge in [-0.15, -0.1) is 24.0 Å². The van der Waals surface area contributed by atoms with Crippen molar-refractivity contribution in [2.75, 3.05) is 32.7 Å². The molecule has 0 aliphatic heterocycles. The molecule has 0 amide bonds. The van der Waals surface area contributed by atoms with Crippen LogP contribution in [0.25, 0.3) is 0 Å². The third kappa shape index (κ3) is 6.14. The van der Waals surface area contributed by atoms with Gasteiger partial charge in [0.05, 0.1) is 32.7 Å². The molecule has 0 saturated heterocycles. The molecule has 0 aromatic heterocycles. The molecule has 0 aliphatic rings. The lowest BCUT2D eigenvalue weighted by molar-refractivity contribution is -0.921. The lowest BCUT2D eigenvalue weighted by atomic mass is 10.3. The number of halogens is 1. The molecule has 0 N–H and O–H groups in total. The Bertz CT molecular complexity index is 192. The predicted octanol–water partition coefficient (Wildman–Crippen LogP) is 1.43. The minimum absolute atomic E-state index is 0. The standard InChI is InChI=1S/C11H22N2O.HI/c1-5-11(14)12-9-10-13(6-2,7-3)8-4;/h5H,1,6-10H2,2-4H3;1H. The molecule has 0 atom stereocenters. The number of aliphatic imine (C=N–C) groups is 1. The van der Waals surface area contributed by atoms with Gasteiger partial charge in [-0.1, -0.05) is 12.7 Å². The van der Waals surface area contributed by atoms with Crippen LogP contribution in [-0.2, 0) is 0 Å². The fourth-order valence-electron chi connectivity index (χ4n) is 1.58. The number of likely N-dealkylation sites (N-methyl/N-ethyl adjacent to an activating group) is 1. The molecule has 0 aromatic rings. The number of rotatable bonds is 7. The molecule has 0 heterocycles. The molecular weight excluding hydrogens is 303 g/mol. The predicted molar refractivity (Wildman–Crippen MR) is 74.7 cm³/mol. The van der Waals surface area contributed by atoms with Crippen LogP contribution in [0, 0.1) is 0 Å². The Kier molecular flexibility index (Phi) is 10.6. The summed E-state index contributed by atoms with van der Waals surface area (Å²) in [5, 5.41) is 10.9. The van der Waals surface area contributed by atoms with Crippen molar-refractivity contribution in [1.29, 1.82) is 0 Å². The summed E-state index contributed by atoms with van der Waals surface area (Å²) in [7, 11) is 0. The van der Waals surface area contributed by atoms with Crippen molar-refractivity contribution in [2.24, 2.45) is 4.99 Å². The van der Waals surface area contributed by atoms with Gasteiger partial charge in [0.15, 0.2) is 0 Å². The van der Waals surface area contributed by atoms with Crippen molar-refractivity contribution in [2.45, 2.75) is 20.8 Å². The summed E-state index contributed by atoms with van der Waals surface area (Å²) in [6, 6.07) is 0. The smallest absolute Gasteiger partial charge is 0.0984 e. The van der Waals surface area contributed by atoms with E-state index in [0.29, 0.717) is 6.54 Å². The van der Waals surface area contributed by atoms with Crippen molar-refractivity contribution in [3.8, 4) is 0 Å². The summed E-state index contributed by atoms with van der Waals surface area (Å²) in [5.74, 6) is -0.202. The van der Waals surface area contributed by atoms with Crippen molar-refractivity contribution in [1.82, 2.24) is 0 Å². The average Bonchev–Trinajstić information content (AvgIpc) is 2.25. The summed E-state index contributed by atoms with van der Waals surface area (Å²) in [5.41, 5.74) is 0. The first kappa shape index (κ1) is 17.3. The quantitative estimate of drug-likeness (QED) is 0.302. The Morgan fingerprint density at radius 2 is 1.73 bits per heavy atom. The second-order valence-electron chi connectivity index (χ2n) is 3.44. The van der Waals surface area contributed by atoms with Gasteiger partial charge in [0.2, 0.25) is 0 Å². The van der Waals surface area contributed by atoms with E-state index >= 15 is 0 Å². The average molecular weight is 326 g/mol. The van der Waals surface area contributed by atoms with Gasteiger partial charge in [-0.3, -0.25) is 4.99 Å². The highest BCUT2D eigenvalue weighted by atomic mass is 127. The van der Waals surface area contributed by atoms with Crippen LogP contribution in [0.5, 0.6) is 0 Å². The van der Waals surface area contributed by atoms with Crippen molar-refractivity contribution < 1.29 is 9.59 Å². The second kappa shape index (κ2) is 9.15. The Balaban J connectivity index is 0. The summed E-state index contributed by atoms with van der Waals surface area (Å²) in [6.07, 6.45) is 1.26. The third-order valence-electron chi connectivity index (χ3n) is 3.03. The zero-order valence-corrected chi connectivity index (χ0v) is 12.4. The van der Waals surface area contributed by atoms with Gasteiger partial charge in [0, 0.05) is 0 Å². The molecule has 0 unspecified atom stereocenters. The van der Waals surface area contributed by atoms with E-state index in [4.69, 9.17) is 0 Å². The topological polar surface area (TPSA) is 35.4 Å². The second-order valence-corrected chi connectivity index (χ2v) is 3.44. The fraction of sp³-hybridized carbons (Fsp3) is 0.727. The SMILES string of the molecule is C=CC([O-])=NCC[N+](CC)(CC)CC.I. The van der Waals surface area contributed by atoms with E-state index in [-0.39, 0.29) is 29.9 Å². The van der Waals surface area contributed by atoms with Gasteiger partial charge >= 0.3 is 0 Å². The summed E-state index contributed by atoms with van der Waals surface area (Å²) >= 11 is 0. The van der Waals surface area contributed by atoms with Crippen LogP contribution in [0.15, 0.2) is 17.6 Å². The highest BCUT2D eigenvalue weighted by Crippen LogP contribution is 2.04. The molecule has 0 fully saturated rings. The Morgan fingerprint density at radius 3 is 2.07 bits per heavy atom. The van der Waals surface area contributed by atoms with Crippen molar-refractivity contribution in [3.63, 3.8) is 0 Å². The lowest BCUT2D eigenvalue weighted by Gasteiger charge is -2.35. The molecule has 0 bridgehead atoms. The van der Waals surface area contributed by atoms with Gasteiger partial charge in [-0.05, 0) is 26.7 Å². The van der Waals surface area contributed by atoms with E-state index in [2.05, 4.69) is 32.3 Å². The first-order valence-corrected chi connectivity index (χ1v) is 5.33. The maximum absolute atomic E-state index is 10.9. The van der Waals surface area contributed by atoms with Crippen molar-refractivity contribution >= 4 is 29.9 Å². The number of quaternary nitrogens is 1. The number of nitrogens with zero attached hydrogens (tertiary/aromatic N) is 2. The molecule has 90 valence electrons. The molecule has 15 heavy (non-hydrogen) atoms. The van der Waals surface area contributed by atoms with Crippen molar-refractivity contribution in [3.05, 3.63) is 12.7 Å². The minimum atomic E-state index is -0.202.